The van der Waals surface area contributed by atoms with Gasteiger partial charge >= 0.3 is 0 Å². The molecule has 10 nitrogen and oxygen atoms in total. The van der Waals surface area contributed by atoms with Crippen LogP contribution < -0.4 is 10.6 Å². The lowest BCUT2D eigenvalue weighted by Crippen LogP contribution is -2.62. The molecule has 2 aromatic carbocycles. The normalized spacial score (nSPS) is 19.7. The zero-order valence-corrected chi connectivity index (χ0v) is 20.8. The number of amides is 1. The number of rotatable bonds is 7. The molecule has 2 aliphatic rings. The molecule has 2 heterocycles. The molecule has 2 fully saturated rings. The second-order valence-electron chi connectivity index (χ2n) is 10.3. The number of furan rings is 1. The molecular formula is C27H25F2N7O3. The molecule has 39 heavy (non-hydrogen) atoms. The van der Waals surface area contributed by atoms with Crippen LogP contribution in [-0.2, 0) is 4.79 Å². The second-order valence-corrected chi connectivity index (χ2v) is 10.3. The van der Waals surface area contributed by atoms with E-state index in [0.717, 1.165) is 22.2 Å². The van der Waals surface area contributed by atoms with Gasteiger partial charge in [0.05, 0.1) is 11.8 Å². The van der Waals surface area contributed by atoms with Crippen LogP contribution >= 0.6 is 0 Å². The van der Waals surface area contributed by atoms with Crippen molar-refractivity contribution in [2.75, 3.05) is 0 Å². The maximum Gasteiger partial charge on any atom is 0.248 e. The molecule has 0 aliphatic heterocycles. The maximum absolute atomic E-state index is 14.0. The number of carbonyl (C=O) groups is 1. The second kappa shape index (κ2) is 9.21. The Balaban J connectivity index is 1.23. The third kappa shape index (κ3) is 4.86. The number of nitriles is 1. The van der Waals surface area contributed by atoms with Crippen molar-refractivity contribution in [3.8, 4) is 22.9 Å². The van der Waals surface area contributed by atoms with Gasteiger partial charge in [-0.3, -0.25) is 10.1 Å². The van der Waals surface area contributed by atoms with E-state index in [0.29, 0.717) is 18.4 Å². The quantitative estimate of drug-likeness (QED) is 0.305. The molecule has 0 saturated heterocycles. The summed E-state index contributed by atoms with van der Waals surface area (Å²) in [6.45, 7) is 0. The van der Waals surface area contributed by atoms with E-state index in [4.69, 9.17) is 4.42 Å². The first-order chi connectivity index (χ1) is 18.7. The number of halogens is 2. The molecule has 6 rings (SSSR count). The van der Waals surface area contributed by atoms with E-state index in [1.807, 2.05) is 42.5 Å². The highest BCUT2D eigenvalue weighted by atomic mass is 19.3. The van der Waals surface area contributed by atoms with Gasteiger partial charge in [-0.15, -0.1) is 15.0 Å². The lowest BCUT2D eigenvalue weighted by atomic mass is 9.78. The maximum atomic E-state index is 14.0. The Kier molecular flexibility index (Phi) is 5.93. The van der Waals surface area contributed by atoms with Crippen LogP contribution in [0.15, 0.2) is 59.3 Å². The number of tetrazole rings is 1. The van der Waals surface area contributed by atoms with Crippen molar-refractivity contribution < 1.29 is 23.1 Å². The van der Waals surface area contributed by atoms with Crippen molar-refractivity contribution in [3.05, 3.63) is 60.6 Å². The summed E-state index contributed by atoms with van der Waals surface area (Å²) >= 11 is 0. The lowest BCUT2D eigenvalue weighted by molar-refractivity contribution is -0.137. The number of fused-ring (bicyclic) bond motifs is 1. The number of hydrogen-bond donors (Lipinski definition) is 3. The number of carbonyl (C=O) groups excluding carboxylic acids is 1. The standard InChI is InChI=1S/C27H25F2N7O3/c28-27(29)11-9-26(10-12-27,24(38)34-25(15-30)7-8-25)33-23(37)22-14-19-2-1-18(13-21(19)39-22)17-3-5-20(6-4-17)36-32-16-31-35-36/h1-6,13-14,16,23,33,37H,7-12H2,(H,34,38). The topological polar surface area (TPSA) is 142 Å². The van der Waals surface area contributed by atoms with Crippen molar-refractivity contribution in [3.63, 3.8) is 0 Å². The van der Waals surface area contributed by atoms with E-state index in [2.05, 4.69) is 32.1 Å². The number of nitrogens with zero attached hydrogens (tertiary/aromatic N) is 5. The molecule has 2 aliphatic carbocycles. The van der Waals surface area contributed by atoms with Crippen LogP contribution in [0.4, 0.5) is 8.78 Å². The molecule has 0 radical (unpaired) electrons. The van der Waals surface area contributed by atoms with Crippen molar-refractivity contribution in [1.29, 1.82) is 5.26 Å². The Hall–Kier alpha value is -4.21. The summed E-state index contributed by atoms with van der Waals surface area (Å²) in [5.74, 6) is -3.29. The molecule has 12 heteroatoms. The minimum absolute atomic E-state index is 0.153. The Morgan fingerprint density at radius 3 is 2.41 bits per heavy atom. The van der Waals surface area contributed by atoms with E-state index in [1.54, 1.807) is 6.07 Å². The van der Waals surface area contributed by atoms with Crippen LogP contribution in [0.3, 0.4) is 0 Å². The largest absolute Gasteiger partial charge is 0.457 e. The van der Waals surface area contributed by atoms with Crippen LogP contribution in [0.5, 0.6) is 0 Å². The number of alkyl halides is 2. The van der Waals surface area contributed by atoms with Crippen LogP contribution in [0.25, 0.3) is 27.8 Å². The van der Waals surface area contributed by atoms with Gasteiger partial charge in [0.2, 0.25) is 11.8 Å². The van der Waals surface area contributed by atoms with E-state index in [9.17, 15) is 23.9 Å². The first kappa shape index (κ1) is 25.1. The lowest BCUT2D eigenvalue weighted by Gasteiger charge is -2.41. The third-order valence-electron chi connectivity index (χ3n) is 7.59. The zero-order chi connectivity index (χ0) is 27.3. The molecule has 3 N–H and O–H groups in total. The van der Waals surface area contributed by atoms with Gasteiger partial charge in [0.1, 0.15) is 22.4 Å². The highest BCUT2D eigenvalue weighted by molar-refractivity contribution is 5.88. The summed E-state index contributed by atoms with van der Waals surface area (Å²) in [6, 6.07) is 16.9. The number of aromatic nitrogens is 4. The van der Waals surface area contributed by atoms with E-state index in [-0.39, 0.29) is 18.6 Å². The van der Waals surface area contributed by atoms with Crippen LogP contribution in [0.1, 0.15) is 50.5 Å². The molecule has 4 aromatic rings. The van der Waals surface area contributed by atoms with Crippen LogP contribution in [0.2, 0.25) is 0 Å². The number of benzene rings is 2. The fourth-order valence-corrected chi connectivity index (χ4v) is 4.98. The fourth-order valence-electron chi connectivity index (χ4n) is 4.98. The van der Waals surface area contributed by atoms with Crippen molar-refractivity contribution >= 4 is 16.9 Å². The number of nitrogens with one attached hydrogen (secondary N) is 2. The molecule has 2 saturated carbocycles. The average molecular weight is 534 g/mol. The Morgan fingerprint density at radius 1 is 1.05 bits per heavy atom. The number of hydrogen-bond acceptors (Lipinski definition) is 8. The molecular weight excluding hydrogens is 508 g/mol. The van der Waals surface area contributed by atoms with Crippen molar-refractivity contribution in [2.24, 2.45) is 0 Å². The van der Waals surface area contributed by atoms with E-state index < -0.39 is 42.0 Å². The van der Waals surface area contributed by atoms with E-state index in [1.165, 1.54) is 11.1 Å². The van der Waals surface area contributed by atoms with Gasteiger partial charge in [-0.2, -0.15) is 5.26 Å². The van der Waals surface area contributed by atoms with Crippen LogP contribution in [-0.4, -0.2) is 48.2 Å². The summed E-state index contributed by atoms with van der Waals surface area (Å²) in [4.78, 5) is 14.7. The van der Waals surface area contributed by atoms with Gasteiger partial charge < -0.3 is 14.8 Å². The minimum Gasteiger partial charge on any atom is -0.457 e. The summed E-state index contributed by atoms with van der Waals surface area (Å²) in [5.41, 5.74) is 0.644. The molecule has 0 spiro atoms. The monoisotopic (exact) mass is 533 g/mol. The predicted molar refractivity (Wildman–Crippen MR) is 134 cm³/mol. The zero-order valence-electron chi connectivity index (χ0n) is 20.8. The molecule has 200 valence electrons. The van der Waals surface area contributed by atoms with Crippen LogP contribution in [0, 0.1) is 11.3 Å². The SMILES string of the molecule is N#CC1(NC(=O)C2(NC(O)c3cc4ccc(-c5ccc(-n6ncnn6)cc5)cc4o3)CCC(F)(F)CC2)CC1. The Bertz CT molecular complexity index is 1550. The molecule has 1 unspecified atom stereocenters. The van der Waals surface area contributed by atoms with Crippen molar-refractivity contribution in [1.82, 2.24) is 30.8 Å². The summed E-state index contributed by atoms with van der Waals surface area (Å²) in [5, 5.41) is 38.3. The van der Waals surface area contributed by atoms with Gasteiger partial charge in [0.25, 0.3) is 0 Å². The minimum atomic E-state index is -2.89. The summed E-state index contributed by atoms with van der Waals surface area (Å²) in [6.07, 6.45) is -0.433. The molecule has 2 aromatic heterocycles. The van der Waals surface area contributed by atoms with Gasteiger partial charge in [0, 0.05) is 18.2 Å². The fraction of sp³-hybridized carbons (Fsp3) is 0.370. The third-order valence-corrected chi connectivity index (χ3v) is 7.59. The molecule has 1 amide bonds. The predicted octanol–water partition coefficient (Wildman–Crippen LogP) is 3.78. The summed E-state index contributed by atoms with van der Waals surface area (Å²) < 4.78 is 33.9. The van der Waals surface area contributed by atoms with Crippen molar-refractivity contribution in [2.45, 2.75) is 61.8 Å². The number of aliphatic hydroxyl groups is 1. The first-order valence-electron chi connectivity index (χ1n) is 12.6. The van der Waals surface area contributed by atoms with Gasteiger partial charge in [-0.05, 0) is 66.3 Å². The summed E-state index contributed by atoms with van der Waals surface area (Å²) in [7, 11) is 0. The Morgan fingerprint density at radius 2 is 1.77 bits per heavy atom. The molecule has 0 bridgehead atoms. The van der Waals surface area contributed by atoms with Gasteiger partial charge in [-0.25, -0.2) is 8.78 Å². The highest BCUT2D eigenvalue weighted by Crippen LogP contribution is 2.42. The first-order valence-corrected chi connectivity index (χ1v) is 12.6. The average Bonchev–Trinajstić information content (AvgIpc) is 3.30. The van der Waals surface area contributed by atoms with Gasteiger partial charge in [0.15, 0.2) is 12.6 Å². The smallest absolute Gasteiger partial charge is 0.248 e. The van der Waals surface area contributed by atoms with E-state index >= 15 is 0 Å². The highest BCUT2D eigenvalue weighted by Gasteiger charge is 2.53. The van der Waals surface area contributed by atoms with Gasteiger partial charge in [-0.1, -0.05) is 24.3 Å². The molecule has 1 atom stereocenters. The Labute approximate surface area is 221 Å². The number of aliphatic hydroxyl groups excluding tert-OH is 1.